The topological polar surface area (TPSA) is 67.6 Å². The number of nitrogens with one attached hydrogen (secondary N) is 1. The van der Waals surface area contributed by atoms with Gasteiger partial charge in [-0.25, -0.2) is 0 Å². The van der Waals surface area contributed by atoms with Crippen LogP contribution in [0, 0.1) is 0 Å². The van der Waals surface area contributed by atoms with E-state index in [1.807, 2.05) is 0 Å². The maximum atomic E-state index is 11.9. The molecule has 5 heteroatoms. The smallest absolute Gasteiger partial charge is 0.251 e. The molecule has 1 aliphatic heterocycles. The van der Waals surface area contributed by atoms with Crippen molar-refractivity contribution in [1.29, 1.82) is 0 Å². The molecule has 1 heterocycles. The fourth-order valence-electron chi connectivity index (χ4n) is 2.36. The lowest BCUT2D eigenvalue weighted by Crippen LogP contribution is -2.25. The third-order valence-corrected chi connectivity index (χ3v) is 3.55. The van der Waals surface area contributed by atoms with Crippen LogP contribution >= 0.6 is 0 Å². The maximum absolute atomic E-state index is 11.9. The Kier molecular flexibility index (Phi) is 5.63. The Morgan fingerprint density at radius 3 is 2.90 bits per heavy atom. The molecular weight excluding hydrogens is 266 g/mol. The number of hydrogen-bond acceptors (Lipinski definition) is 4. The monoisotopic (exact) mass is 289 g/mol. The van der Waals surface area contributed by atoms with Crippen LogP contribution in [0.25, 0.3) is 0 Å². The molecule has 2 rings (SSSR count). The Morgan fingerprint density at radius 1 is 1.43 bits per heavy atom. The van der Waals surface area contributed by atoms with E-state index in [4.69, 9.17) is 10.5 Å². The number of carbonyl (C=O) groups is 1. The molecule has 0 aliphatic carbocycles. The highest BCUT2D eigenvalue weighted by molar-refractivity contribution is 5.95. The number of benzene rings is 1. The van der Waals surface area contributed by atoms with Gasteiger partial charge in [0.05, 0.1) is 5.69 Å². The van der Waals surface area contributed by atoms with Gasteiger partial charge in [0.15, 0.2) is 0 Å². The van der Waals surface area contributed by atoms with E-state index >= 15 is 0 Å². The molecule has 0 atom stereocenters. The predicted molar refractivity (Wildman–Crippen MR) is 84.6 cm³/mol. The van der Waals surface area contributed by atoms with E-state index in [1.165, 1.54) is 12.8 Å². The van der Waals surface area contributed by atoms with Crippen LogP contribution in [0.3, 0.4) is 0 Å². The van der Waals surface area contributed by atoms with Crippen LogP contribution in [0.5, 0.6) is 5.75 Å². The largest absolute Gasteiger partial charge is 0.490 e. The summed E-state index contributed by atoms with van der Waals surface area (Å²) in [6.07, 6.45) is 4.17. The zero-order valence-corrected chi connectivity index (χ0v) is 12.3. The molecule has 114 valence electrons. The minimum Gasteiger partial charge on any atom is -0.490 e. The van der Waals surface area contributed by atoms with Crippen LogP contribution in [0.15, 0.2) is 30.9 Å². The maximum Gasteiger partial charge on any atom is 0.251 e. The molecule has 21 heavy (non-hydrogen) atoms. The molecule has 0 spiro atoms. The highest BCUT2D eigenvalue weighted by Crippen LogP contribution is 2.23. The quantitative estimate of drug-likeness (QED) is 0.592. The van der Waals surface area contributed by atoms with Crippen LogP contribution in [0.4, 0.5) is 5.69 Å². The van der Waals surface area contributed by atoms with Gasteiger partial charge in [-0.1, -0.05) is 6.08 Å². The van der Waals surface area contributed by atoms with Crippen molar-refractivity contribution >= 4 is 11.6 Å². The molecular formula is C16H23N3O2. The average molecular weight is 289 g/mol. The second-order valence-corrected chi connectivity index (χ2v) is 5.15. The van der Waals surface area contributed by atoms with Gasteiger partial charge < -0.3 is 15.8 Å². The average Bonchev–Trinajstić information content (AvgIpc) is 3.00. The lowest BCUT2D eigenvalue weighted by molar-refractivity contribution is 0.0957. The number of amides is 1. The van der Waals surface area contributed by atoms with E-state index < -0.39 is 0 Å². The molecule has 1 aromatic rings. The van der Waals surface area contributed by atoms with Crippen molar-refractivity contribution in [2.45, 2.75) is 12.8 Å². The van der Waals surface area contributed by atoms with Crippen LogP contribution in [0.2, 0.25) is 0 Å². The van der Waals surface area contributed by atoms with E-state index in [2.05, 4.69) is 16.8 Å². The van der Waals surface area contributed by atoms with Crippen molar-refractivity contribution in [2.75, 3.05) is 38.5 Å². The summed E-state index contributed by atoms with van der Waals surface area (Å²) >= 11 is 0. The third-order valence-electron chi connectivity index (χ3n) is 3.55. The van der Waals surface area contributed by atoms with Crippen LogP contribution in [-0.2, 0) is 0 Å². The van der Waals surface area contributed by atoms with Gasteiger partial charge >= 0.3 is 0 Å². The van der Waals surface area contributed by atoms with Gasteiger partial charge in [-0.05, 0) is 44.1 Å². The highest BCUT2D eigenvalue weighted by Gasteiger charge is 2.12. The van der Waals surface area contributed by atoms with Crippen LogP contribution < -0.4 is 15.8 Å². The van der Waals surface area contributed by atoms with Crippen LogP contribution in [0.1, 0.15) is 23.2 Å². The number of anilines is 1. The van der Waals surface area contributed by atoms with Gasteiger partial charge in [-0.3, -0.25) is 9.69 Å². The number of carbonyl (C=O) groups excluding carboxylic acids is 1. The summed E-state index contributed by atoms with van der Waals surface area (Å²) in [5.41, 5.74) is 6.99. The molecule has 1 saturated heterocycles. The minimum atomic E-state index is -0.153. The van der Waals surface area contributed by atoms with Crippen molar-refractivity contribution in [3.05, 3.63) is 36.4 Å². The first kappa shape index (κ1) is 15.4. The fourth-order valence-corrected chi connectivity index (χ4v) is 2.36. The molecule has 3 N–H and O–H groups in total. The summed E-state index contributed by atoms with van der Waals surface area (Å²) < 4.78 is 5.73. The third kappa shape index (κ3) is 4.49. The van der Waals surface area contributed by atoms with Gasteiger partial charge in [0.2, 0.25) is 0 Å². The summed E-state index contributed by atoms with van der Waals surface area (Å²) in [5.74, 6) is 0.416. The van der Waals surface area contributed by atoms with E-state index in [0.29, 0.717) is 30.2 Å². The van der Waals surface area contributed by atoms with Gasteiger partial charge in [0.1, 0.15) is 12.4 Å². The van der Waals surface area contributed by atoms with Crippen molar-refractivity contribution in [3.63, 3.8) is 0 Å². The number of nitrogen functional groups attached to an aromatic ring is 1. The molecule has 1 fully saturated rings. The minimum absolute atomic E-state index is 0.153. The predicted octanol–water partition coefficient (Wildman–Crippen LogP) is 1.66. The van der Waals surface area contributed by atoms with Crippen LogP contribution in [-0.4, -0.2) is 43.6 Å². The molecule has 0 radical (unpaired) electrons. The van der Waals surface area contributed by atoms with E-state index in [0.717, 1.165) is 19.6 Å². The lowest BCUT2D eigenvalue weighted by atomic mass is 10.2. The number of rotatable bonds is 7. The van der Waals surface area contributed by atoms with Gasteiger partial charge in [-0.2, -0.15) is 0 Å². The first-order valence-corrected chi connectivity index (χ1v) is 7.34. The first-order chi connectivity index (χ1) is 10.2. The number of nitrogens with two attached hydrogens (primary N) is 1. The van der Waals surface area contributed by atoms with Crippen molar-refractivity contribution in [2.24, 2.45) is 0 Å². The van der Waals surface area contributed by atoms with E-state index in [-0.39, 0.29) is 5.91 Å². The molecule has 1 aromatic carbocycles. The Morgan fingerprint density at radius 2 is 2.19 bits per heavy atom. The normalized spacial score (nSPS) is 14.9. The fraction of sp³-hybridized carbons (Fsp3) is 0.438. The lowest BCUT2D eigenvalue weighted by Gasteiger charge is -2.16. The number of ether oxygens (including phenoxy) is 1. The first-order valence-electron chi connectivity index (χ1n) is 7.34. The molecule has 5 nitrogen and oxygen atoms in total. The zero-order valence-electron chi connectivity index (χ0n) is 12.3. The van der Waals surface area contributed by atoms with Crippen molar-refractivity contribution in [3.8, 4) is 5.75 Å². The van der Waals surface area contributed by atoms with E-state index in [1.54, 1.807) is 24.3 Å². The SMILES string of the molecule is C=CCNC(=O)c1ccc(N)c(OCCN2CCCC2)c1. The second-order valence-electron chi connectivity index (χ2n) is 5.15. The van der Waals surface area contributed by atoms with Crippen molar-refractivity contribution in [1.82, 2.24) is 10.2 Å². The molecule has 0 saturated carbocycles. The van der Waals surface area contributed by atoms with Crippen molar-refractivity contribution < 1.29 is 9.53 Å². The second kappa shape index (κ2) is 7.69. The van der Waals surface area contributed by atoms with E-state index in [9.17, 15) is 4.79 Å². The highest BCUT2D eigenvalue weighted by atomic mass is 16.5. The zero-order chi connectivity index (χ0) is 15.1. The summed E-state index contributed by atoms with van der Waals surface area (Å²) in [4.78, 5) is 14.3. The number of likely N-dealkylation sites (tertiary alicyclic amines) is 1. The summed E-state index contributed by atoms with van der Waals surface area (Å²) in [6.45, 7) is 7.77. The Labute approximate surface area is 125 Å². The molecule has 0 unspecified atom stereocenters. The number of nitrogens with zero attached hydrogens (tertiary/aromatic N) is 1. The summed E-state index contributed by atoms with van der Waals surface area (Å²) in [5, 5.41) is 2.73. The molecule has 0 aromatic heterocycles. The Bertz CT molecular complexity index is 496. The molecule has 0 bridgehead atoms. The Balaban J connectivity index is 1.91. The standard InChI is InChI=1S/C16H23N3O2/c1-2-7-18-16(20)13-5-6-14(17)15(12-13)21-11-10-19-8-3-4-9-19/h2,5-6,12H,1,3-4,7-11,17H2,(H,18,20). The number of hydrogen-bond donors (Lipinski definition) is 2. The summed E-state index contributed by atoms with van der Waals surface area (Å²) in [6, 6.07) is 5.09. The summed E-state index contributed by atoms with van der Waals surface area (Å²) in [7, 11) is 0. The van der Waals surface area contributed by atoms with Gasteiger partial charge in [0.25, 0.3) is 5.91 Å². The Hall–Kier alpha value is -2.01. The van der Waals surface area contributed by atoms with Gasteiger partial charge in [0, 0.05) is 18.7 Å². The molecule has 1 amide bonds. The van der Waals surface area contributed by atoms with Gasteiger partial charge in [-0.15, -0.1) is 6.58 Å². The molecule has 1 aliphatic rings.